The molecule has 18 heavy (non-hydrogen) atoms. The van der Waals surface area contributed by atoms with E-state index in [0.29, 0.717) is 16.6 Å². The van der Waals surface area contributed by atoms with Gasteiger partial charge in [-0.05, 0) is 22.6 Å². The molecule has 0 aliphatic heterocycles. The van der Waals surface area contributed by atoms with Gasteiger partial charge in [0.1, 0.15) is 5.69 Å². The molecule has 0 spiro atoms. The van der Waals surface area contributed by atoms with Gasteiger partial charge in [0.15, 0.2) is 10.9 Å². The minimum atomic E-state index is -0.444. The van der Waals surface area contributed by atoms with Crippen molar-refractivity contribution in [1.82, 2.24) is 25.6 Å². The fourth-order valence-corrected chi connectivity index (χ4v) is 1.98. The number of aromatic amines is 1. The lowest BCUT2D eigenvalue weighted by molar-refractivity contribution is 0.101. The van der Waals surface area contributed by atoms with Crippen molar-refractivity contribution in [2.24, 2.45) is 0 Å². The Morgan fingerprint density at radius 3 is 3.17 bits per heavy atom. The topological polar surface area (TPSA) is 110 Å². The number of thiazole rings is 1. The molecule has 0 saturated heterocycles. The number of tetrazole rings is 1. The maximum atomic E-state index is 11.6. The minimum absolute atomic E-state index is 0.0322. The molecular weight excluding hydrogens is 256 g/mol. The molecule has 0 radical (unpaired) electrons. The van der Waals surface area contributed by atoms with Crippen molar-refractivity contribution < 1.29 is 9.21 Å². The number of nitrogens with zero attached hydrogens (tertiary/aromatic N) is 4. The lowest BCUT2D eigenvalue weighted by Crippen LogP contribution is -2.13. The summed E-state index contributed by atoms with van der Waals surface area (Å²) < 4.78 is 5.20. The summed E-state index contributed by atoms with van der Waals surface area (Å²) in [5.41, 5.74) is 0.663. The highest BCUT2D eigenvalue weighted by molar-refractivity contribution is 7.14. The van der Waals surface area contributed by atoms with Gasteiger partial charge < -0.3 is 4.42 Å². The molecule has 8 nitrogen and oxygen atoms in total. The zero-order valence-electron chi connectivity index (χ0n) is 8.82. The van der Waals surface area contributed by atoms with Crippen molar-refractivity contribution in [3.8, 4) is 11.5 Å². The second-order valence-corrected chi connectivity index (χ2v) is 4.08. The first-order valence-electron chi connectivity index (χ1n) is 4.87. The number of nitrogens with one attached hydrogen (secondary N) is 2. The van der Waals surface area contributed by atoms with Crippen molar-refractivity contribution >= 4 is 22.4 Å². The zero-order chi connectivity index (χ0) is 12.4. The third kappa shape index (κ3) is 1.98. The predicted octanol–water partition coefficient (Wildman–Crippen LogP) is 1.17. The van der Waals surface area contributed by atoms with Crippen LogP contribution in [0.4, 0.5) is 5.13 Å². The Balaban J connectivity index is 1.76. The Kier molecular flexibility index (Phi) is 2.57. The van der Waals surface area contributed by atoms with Gasteiger partial charge in [-0.25, -0.2) is 10.1 Å². The van der Waals surface area contributed by atoms with Crippen LogP contribution in [0.2, 0.25) is 0 Å². The molecule has 9 heteroatoms. The van der Waals surface area contributed by atoms with Crippen molar-refractivity contribution in [2.45, 2.75) is 0 Å². The number of amides is 1. The second kappa shape index (κ2) is 4.37. The molecule has 0 aromatic carbocycles. The highest BCUT2D eigenvalue weighted by Crippen LogP contribution is 2.25. The number of rotatable bonds is 3. The van der Waals surface area contributed by atoms with Crippen LogP contribution in [0.1, 0.15) is 10.6 Å². The van der Waals surface area contributed by atoms with Gasteiger partial charge in [-0.1, -0.05) is 0 Å². The van der Waals surface area contributed by atoms with E-state index in [4.69, 9.17) is 4.42 Å². The van der Waals surface area contributed by atoms with Gasteiger partial charge in [-0.15, -0.1) is 16.4 Å². The zero-order valence-corrected chi connectivity index (χ0v) is 9.64. The van der Waals surface area contributed by atoms with E-state index in [1.165, 1.54) is 11.3 Å². The first-order valence-corrected chi connectivity index (χ1v) is 5.75. The molecule has 90 valence electrons. The van der Waals surface area contributed by atoms with Gasteiger partial charge in [0.05, 0.1) is 6.26 Å². The Morgan fingerprint density at radius 2 is 2.44 bits per heavy atom. The number of H-pyrrole nitrogens is 1. The van der Waals surface area contributed by atoms with Gasteiger partial charge >= 0.3 is 0 Å². The number of hydrogen-bond donors (Lipinski definition) is 2. The van der Waals surface area contributed by atoms with Gasteiger partial charge in [-0.2, -0.15) is 0 Å². The Morgan fingerprint density at radius 1 is 1.50 bits per heavy atom. The maximum absolute atomic E-state index is 11.6. The summed E-state index contributed by atoms with van der Waals surface area (Å²) in [6.45, 7) is 0. The number of aromatic nitrogens is 5. The molecule has 0 saturated carbocycles. The van der Waals surface area contributed by atoms with E-state index in [1.54, 1.807) is 23.8 Å². The summed E-state index contributed by atoms with van der Waals surface area (Å²) in [4.78, 5) is 15.8. The van der Waals surface area contributed by atoms with E-state index < -0.39 is 5.91 Å². The summed E-state index contributed by atoms with van der Waals surface area (Å²) in [6.07, 6.45) is 1.56. The normalized spacial score (nSPS) is 10.4. The summed E-state index contributed by atoms with van der Waals surface area (Å²) in [5, 5.41) is 17.3. The van der Waals surface area contributed by atoms with E-state index in [9.17, 15) is 4.79 Å². The van der Waals surface area contributed by atoms with Crippen LogP contribution in [0.3, 0.4) is 0 Å². The van der Waals surface area contributed by atoms with Crippen LogP contribution in [0.15, 0.2) is 28.2 Å². The third-order valence-corrected chi connectivity index (χ3v) is 2.82. The van der Waals surface area contributed by atoms with Crippen molar-refractivity contribution in [1.29, 1.82) is 0 Å². The van der Waals surface area contributed by atoms with Crippen LogP contribution in [-0.2, 0) is 0 Å². The van der Waals surface area contributed by atoms with Gasteiger partial charge in [0.2, 0.25) is 5.82 Å². The molecule has 0 unspecified atom stereocenters. The Hall–Kier alpha value is -2.55. The van der Waals surface area contributed by atoms with Gasteiger partial charge in [-0.3, -0.25) is 10.1 Å². The fraction of sp³-hybridized carbons (Fsp3) is 0. The fourth-order valence-electron chi connectivity index (χ4n) is 1.28. The van der Waals surface area contributed by atoms with Crippen LogP contribution in [0, 0.1) is 0 Å². The first kappa shape index (κ1) is 10.6. The van der Waals surface area contributed by atoms with Crippen LogP contribution in [0.5, 0.6) is 0 Å². The van der Waals surface area contributed by atoms with Crippen LogP contribution in [-0.4, -0.2) is 31.5 Å². The van der Waals surface area contributed by atoms with Gasteiger partial charge in [0, 0.05) is 5.38 Å². The molecule has 3 aromatic rings. The molecule has 3 rings (SSSR count). The lowest BCUT2D eigenvalue weighted by atomic mass is 10.4. The standard InChI is InChI=1S/C9H6N6O2S/c16-8(7-12-14-15-13-7)11-9-10-5(4-18-9)6-2-1-3-17-6/h1-4H,(H,10,11,16)(H,12,13,14,15). The van der Waals surface area contributed by atoms with Crippen molar-refractivity contribution in [2.75, 3.05) is 5.32 Å². The highest BCUT2D eigenvalue weighted by Gasteiger charge is 2.13. The van der Waals surface area contributed by atoms with Crippen LogP contribution in [0.25, 0.3) is 11.5 Å². The molecular formula is C9H6N6O2S. The van der Waals surface area contributed by atoms with E-state index >= 15 is 0 Å². The molecule has 0 fully saturated rings. The lowest BCUT2D eigenvalue weighted by Gasteiger charge is -1.95. The Bertz CT molecular complexity index is 644. The molecule has 0 aliphatic carbocycles. The monoisotopic (exact) mass is 262 g/mol. The first-order chi connectivity index (χ1) is 8.83. The average molecular weight is 262 g/mol. The number of anilines is 1. The quantitative estimate of drug-likeness (QED) is 0.733. The number of carbonyl (C=O) groups is 1. The molecule has 0 aliphatic rings. The van der Waals surface area contributed by atoms with Crippen LogP contribution < -0.4 is 5.32 Å². The minimum Gasteiger partial charge on any atom is -0.463 e. The predicted molar refractivity (Wildman–Crippen MR) is 61.9 cm³/mol. The molecule has 2 N–H and O–H groups in total. The SMILES string of the molecule is O=C(Nc1nc(-c2ccco2)cs1)c1nnn[nH]1. The van der Waals surface area contributed by atoms with Crippen molar-refractivity contribution in [3.63, 3.8) is 0 Å². The summed E-state index contributed by atoms with van der Waals surface area (Å²) in [5.74, 6) is 0.234. The third-order valence-electron chi connectivity index (χ3n) is 2.06. The van der Waals surface area contributed by atoms with E-state index in [1.807, 2.05) is 0 Å². The summed E-state index contributed by atoms with van der Waals surface area (Å²) in [7, 11) is 0. The molecule has 0 bridgehead atoms. The van der Waals surface area contributed by atoms with Crippen molar-refractivity contribution in [3.05, 3.63) is 29.6 Å². The smallest absolute Gasteiger partial charge is 0.296 e. The molecule has 3 heterocycles. The average Bonchev–Trinajstić information content (AvgIpc) is 3.12. The summed E-state index contributed by atoms with van der Waals surface area (Å²) in [6, 6.07) is 3.56. The number of furan rings is 1. The molecule has 1 amide bonds. The second-order valence-electron chi connectivity index (χ2n) is 3.22. The maximum Gasteiger partial charge on any atom is 0.296 e. The van der Waals surface area contributed by atoms with E-state index in [2.05, 4.69) is 30.9 Å². The number of hydrogen-bond acceptors (Lipinski definition) is 7. The molecule has 3 aromatic heterocycles. The van der Waals surface area contributed by atoms with E-state index in [-0.39, 0.29) is 5.82 Å². The number of carbonyl (C=O) groups excluding carboxylic acids is 1. The van der Waals surface area contributed by atoms with Crippen LogP contribution >= 0.6 is 11.3 Å². The molecule has 0 atom stereocenters. The largest absolute Gasteiger partial charge is 0.463 e. The Labute approximate surface area is 104 Å². The van der Waals surface area contributed by atoms with Gasteiger partial charge in [0.25, 0.3) is 5.91 Å². The van der Waals surface area contributed by atoms with E-state index in [0.717, 1.165) is 0 Å². The summed E-state index contributed by atoms with van der Waals surface area (Å²) >= 11 is 1.29. The highest BCUT2D eigenvalue weighted by atomic mass is 32.1.